The summed E-state index contributed by atoms with van der Waals surface area (Å²) < 4.78 is 11.2. The van der Waals surface area contributed by atoms with E-state index < -0.39 is 0 Å². The predicted octanol–water partition coefficient (Wildman–Crippen LogP) is 4.38. The van der Waals surface area contributed by atoms with Crippen LogP contribution in [-0.4, -0.2) is 37.1 Å². The fourth-order valence-electron chi connectivity index (χ4n) is 4.66. The van der Waals surface area contributed by atoms with Crippen molar-refractivity contribution < 1.29 is 14.3 Å². The van der Waals surface area contributed by atoms with Crippen LogP contribution in [0.1, 0.15) is 48.8 Å². The van der Waals surface area contributed by atoms with Crippen LogP contribution < -0.4 is 4.74 Å². The molecule has 4 heteroatoms. The Morgan fingerprint density at radius 1 is 1.07 bits per heavy atom. The summed E-state index contributed by atoms with van der Waals surface area (Å²) in [6, 6.07) is 17.2. The largest absolute Gasteiger partial charge is 0.489 e. The molecule has 2 aromatic carbocycles. The zero-order valence-corrected chi connectivity index (χ0v) is 16.6. The molecule has 1 saturated heterocycles. The van der Waals surface area contributed by atoms with Crippen LogP contribution in [0.3, 0.4) is 0 Å². The van der Waals surface area contributed by atoms with Crippen molar-refractivity contribution in [1.29, 1.82) is 0 Å². The molecule has 0 aromatic heterocycles. The Hall–Kier alpha value is -2.33. The lowest BCUT2D eigenvalue weighted by atomic mass is 9.75. The van der Waals surface area contributed by atoms with Crippen molar-refractivity contribution in [3.8, 4) is 5.75 Å². The van der Waals surface area contributed by atoms with Crippen LogP contribution in [0.15, 0.2) is 48.5 Å². The molecule has 1 unspecified atom stereocenters. The van der Waals surface area contributed by atoms with Gasteiger partial charge in [-0.05, 0) is 56.0 Å². The monoisotopic (exact) mass is 379 g/mol. The summed E-state index contributed by atoms with van der Waals surface area (Å²) in [6.45, 7) is 5.82. The van der Waals surface area contributed by atoms with Crippen molar-refractivity contribution >= 4 is 5.97 Å². The lowest BCUT2D eigenvalue weighted by Gasteiger charge is -2.36. The summed E-state index contributed by atoms with van der Waals surface area (Å²) >= 11 is 0. The quantitative estimate of drug-likeness (QED) is 0.723. The Labute approximate surface area is 167 Å². The number of hydrogen-bond donors (Lipinski definition) is 0. The minimum atomic E-state index is -0.0894. The number of carbonyl (C=O) groups excluding carboxylic acids is 1. The highest BCUT2D eigenvalue weighted by Crippen LogP contribution is 2.44. The van der Waals surface area contributed by atoms with Crippen molar-refractivity contribution in [2.75, 3.05) is 26.2 Å². The second-order valence-corrected chi connectivity index (χ2v) is 7.74. The zero-order chi connectivity index (χ0) is 19.3. The molecular weight excluding hydrogens is 350 g/mol. The molecule has 0 spiro atoms. The number of nitrogens with zero attached hydrogens (tertiary/aromatic N) is 1. The minimum absolute atomic E-state index is 0.0894. The van der Waals surface area contributed by atoms with Gasteiger partial charge in [-0.25, -0.2) is 0 Å². The highest BCUT2D eigenvalue weighted by atomic mass is 16.5. The Balaban J connectivity index is 1.50. The van der Waals surface area contributed by atoms with Gasteiger partial charge in [-0.3, -0.25) is 4.79 Å². The van der Waals surface area contributed by atoms with E-state index in [1.807, 2.05) is 6.92 Å². The van der Waals surface area contributed by atoms with E-state index in [2.05, 4.69) is 53.4 Å². The van der Waals surface area contributed by atoms with Gasteiger partial charge in [0.15, 0.2) is 0 Å². The van der Waals surface area contributed by atoms with E-state index in [1.54, 1.807) is 0 Å². The molecule has 1 atom stereocenters. The third-order valence-corrected chi connectivity index (χ3v) is 6.07. The van der Waals surface area contributed by atoms with Gasteiger partial charge in [0.25, 0.3) is 0 Å². The molecule has 0 amide bonds. The summed E-state index contributed by atoms with van der Waals surface area (Å²) in [4.78, 5) is 14.0. The molecule has 148 valence electrons. The van der Waals surface area contributed by atoms with Crippen LogP contribution >= 0.6 is 0 Å². The first-order valence-electron chi connectivity index (χ1n) is 10.4. The van der Waals surface area contributed by atoms with Gasteiger partial charge in [-0.1, -0.05) is 42.5 Å². The van der Waals surface area contributed by atoms with Crippen LogP contribution in [0.5, 0.6) is 5.75 Å². The SMILES string of the molecule is CCOC(=O)CCN1CCC(C2c3ccccc3COc3ccccc32)CC1. The van der Waals surface area contributed by atoms with Crippen molar-refractivity contribution in [1.82, 2.24) is 4.90 Å². The highest BCUT2D eigenvalue weighted by molar-refractivity contribution is 5.69. The predicted molar refractivity (Wildman–Crippen MR) is 109 cm³/mol. The maximum Gasteiger partial charge on any atom is 0.307 e. The van der Waals surface area contributed by atoms with Gasteiger partial charge in [0, 0.05) is 18.0 Å². The van der Waals surface area contributed by atoms with E-state index in [0.717, 1.165) is 38.2 Å². The normalized spacial score (nSPS) is 19.8. The molecule has 4 nitrogen and oxygen atoms in total. The number of rotatable bonds is 5. The number of ether oxygens (including phenoxy) is 2. The van der Waals surface area contributed by atoms with E-state index in [4.69, 9.17) is 9.47 Å². The first kappa shape index (κ1) is 19.0. The van der Waals surface area contributed by atoms with Crippen LogP contribution in [-0.2, 0) is 16.1 Å². The molecule has 0 saturated carbocycles. The Morgan fingerprint density at radius 3 is 2.57 bits per heavy atom. The molecule has 2 aromatic rings. The molecule has 0 radical (unpaired) electrons. The highest BCUT2D eigenvalue weighted by Gasteiger charge is 2.33. The molecule has 28 heavy (non-hydrogen) atoms. The van der Waals surface area contributed by atoms with Crippen molar-refractivity contribution in [2.45, 2.75) is 38.7 Å². The molecular formula is C24H29NO3. The number of fused-ring (bicyclic) bond motifs is 2. The summed E-state index contributed by atoms with van der Waals surface area (Å²) in [7, 11) is 0. The van der Waals surface area contributed by atoms with Crippen molar-refractivity contribution in [3.63, 3.8) is 0 Å². The Bertz CT molecular complexity index is 764. The van der Waals surface area contributed by atoms with E-state index in [1.165, 1.54) is 16.7 Å². The van der Waals surface area contributed by atoms with Crippen LogP contribution in [0.25, 0.3) is 0 Å². The summed E-state index contributed by atoms with van der Waals surface area (Å²) in [5.41, 5.74) is 4.03. The van der Waals surface area contributed by atoms with Gasteiger partial charge in [-0.2, -0.15) is 0 Å². The van der Waals surface area contributed by atoms with Crippen LogP contribution in [0, 0.1) is 5.92 Å². The summed E-state index contributed by atoms with van der Waals surface area (Å²) in [5, 5.41) is 0. The first-order valence-corrected chi connectivity index (χ1v) is 10.4. The number of piperidine rings is 1. The average molecular weight is 380 g/mol. The Kier molecular flexibility index (Phi) is 5.96. The van der Waals surface area contributed by atoms with E-state index >= 15 is 0 Å². The summed E-state index contributed by atoms with van der Waals surface area (Å²) in [6.07, 6.45) is 2.76. The molecule has 0 aliphatic carbocycles. The lowest BCUT2D eigenvalue weighted by Crippen LogP contribution is -2.37. The number of hydrogen-bond acceptors (Lipinski definition) is 4. The fraction of sp³-hybridized carbons (Fsp3) is 0.458. The van der Waals surface area contributed by atoms with Gasteiger partial charge < -0.3 is 14.4 Å². The third kappa shape index (κ3) is 4.07. The van der Waals surface area contributed by atoms with Crippen LogP contribution in [0.2, 0.25) is 0 Å². The summed E-state index contributed by atoms with van der Waals surface area (Å²) in [5.74, 6) is 1.90. The minimum Gasteiger partial charge on any atom is -0.489 e. The standard InChI is InChI=1S/C24H29NO3/c1-2-27-23(26)13-16-25-14-11-18(12-15-25)24-20-8-4-3-7-19(20)17-28-22-10-6-5-9-21(22)24/h3-10,18,24H,2,11-17H2,1H3. The van der Waals surface area contributed by atoms with E-state index in [0.29, 0.717) is 31.5 Å². The van der Waals surface area contributed by atoms with Gasteiger partial charge in [-0.15, -0.1) is 0 Å². The van der Waals surface area contributed by atoms with Gasteiger partial charge >= 0.3 is 5.97 Å². The molecule has 0 N–H and O–H groups in total. The van der Waals surface area contributed by atoms with Crippen molar-refractivity contribution in [3.05, 3.63) is 65.2 Å². The lowest BCUT2D eigenvalue weighted by molar-refractivity contribution is -0.143. The number of likely N-dealkylation sites (tertiary alicyclic amines) is 1. The van der Waals surface area contributed by atoms with Gasteiger partial charge in [0.2, 0.25) is 0 Å². The molecule has 2 aliphatic heterocycles. The number of carbonyl (C=O) groups is 1. The maximum absolute atomic E-state index is 11.6. The average Bonchev–Trinajstić information content (AvgIpc) is 2.90. The number of benzene rings is 2. The number of para-hydroxylation sites is 1. The zero-order valence-electron chi connectivity index (χ0n) is 16.6. The first-order chi connectivity index (χ1) is 13.8. The fourth-order valence-corrected chi connectivity index (χ4v) is 4.66. The third-order valence-electron chi connectivity index (χ3n) is 6.07. The molecule has 2 heterocycles. The van der Waals surface area contributed by atoms with Gasteiger partial charge in [0.1, 0.15) is 12.4 Å². The maximum atomic E-state index is 11.6. The van der Waals surface area contributed by atoms with Crippen LogP contribution in [0.4, 0.5) is 0 Å². The van der Waals surface area contributed by atoms with E-state index in [9.17, 15) is 4.79 Å². The van der Waals surface area contributed by atoms with E-state index in [-0.39, 0.29) is 5.97 Å². The second-order valence-electron chi connectivity index (χ2n) is 7.74. The molecule has 4 rings (SSSR count). The smallest absolute Gasteiger partial charge is 0.307 e. The second kappa shape index (κ2) is 8.78. The molecule has 1 fully saturated rings. The molecule has 2 aliphatic rings. The Morgan fingerprint density at radius 2 is 1.79 bits per heavy atom. The van der Waals surface area contributed by atoms with Crippen molar-refractivity contribution in [2.24, 2.45) is 5.92 Å². The molecule has 0 bridgehead atoms. The topological polar surface area (TPSA) is 38.8 Å². The van der Waals surface area contributed by atoms with Gasteiger partial charge in [0.05, 0.1) is 13.0 Å². The number of esters is 1.